The molecule has 0 atom stereocenters. The normalized spacial score (nSPS) is 11.2. The van der Waals surface area contributed by atoms with Crippen molar-refractivity contribution in [2.45, 2.75) is 26.4 Å². The molecule has 0 saturated heterocycles. The standard InChI is InChI=1S/C16H18N4/c1-12(2)20-11-19-15-14(20)8-9-17-16(15)18-10-13-6-4-3-5-7-13/h3-9,11-12H,10H2,1-2H3,(H,17,18). The van der Waals surface area contributed by atoms with Crippen molar-refractivity contribution in [2.75, 3.05) is 5.32 Å². The van der Waals surface area contributed by atoms with E-state index in [1.807, 2.05) is 36.8 Å². The fourth-order valence-corrected chi connectivity index (χ4v) is 2.28. The smallest absolute Gasteiger partial charge is 0.154 e. The second-order valence-electron chi connectivity index (χ2n) is 5.11. The lowest BCUT2D eigenvalue weighted by Gasteiger charge is -2.09. The number of benzene rings is 1. The highest BCUT2D eigenvalue weighted by Crippen LogP contribution is 2.22. The van der Waals surface area contributed by atoms with E-state index in [2.05, 4.69) is 45.8 Å². The van der Waals surface area contributed by atoms with Gasteiger partial charge in [0.15, 0.2) is 5.82 Å². The van der Waals surface area contributed by atoms with Gasteiger partial charge in [-0.1, -0.05) is 30.3 Å². The first-order valence-corrected chi connectivity index (χ1v) is 6.85. The predicted molar refractivity (Wildman–Crippen MR) is 81.7 cm³/mol. The first-order valence-electron chi connectivity index (χ1n) is 6.85. The Hall–Kier alpha value is -2.36. The fraction of sp³-hybridized carbons (Fsp3) is 0.250. The summed E-state index contributed by atoms with van der Waals surface area (Å²) in [6.07, 6.45) is 3.71. The van der Waals surface area contributed by atoms with Crippen LogP contribution in [0.2, 0.25) is 0 Å². The number of nitrogens with zero attached hydrogens (tertiary/aromatic N) is 3. The van der Waals surface area contributed by atoms with Gasteiger partial charge >= 0.3 is 0 Å². The number of pyridine rings is 1. The molecule has 1 aromatic carbocycles. The Balaban J connectivity index is 1.89. The Bertz CT molecular complexity index is 701. The summed E-state index contributed by atoms with van der Waals surface area (Å²) in [4.78, 5) is 8.90. The Morgan fingerprint density at radius 2 is 1.90 bits per heavy atom. The van der Waals surface area contributed by atoms with E-state index in [1.54, 1.807) is 0 Å². The number of nitrogens with one attached hydrogen (secondary N) is 1. The molecule has 4 heteroatoms. The molecule has 0 spiro atoms. The lowest BCUT2D eigenvalue weighted by molar-refractivity contribution is 0.617. The minimum absolute atomic E-state index is 0.393. The third kappa shape index (κ3) is 2.37. The molecule has 20 heavy (non-hydrogen) atoms. The van der Waals surface area contributed by atoms with Gasteiger partial charge in [-0.25, -0.2) is 9.97 Å². The van der Waals surface area contributed by atoms with Crippen molar-refractivity contribution >= 4 is 16.9 Å². The van der Waals surface area contributed by atoms with E-state index in [0.717, 1.165) is 23.4 Å². The number of fused-ring (bicyclic) bond motifs is 1. The third-order valence-electron chi connectivity index (χ3n) is 3.35. The molecule has 2 aromatic heterocycles. The summed E-state index contributed by atoms with van der Waals surface area (Å²) in [6, 6.07) is 12.7. The summed E-state index contributed by atoms with van der Waals surface area (Å²) < 4.78 is 2.16. The van der Waals surface area contributed by atoms with Crippen LogP contribution in [0.25, 0.3) is 11.0 Å². The maximum Gasteiger partial charge on any atom is 0.154 e. The maximum absolute atomic E-state index is 4.49. The Labute approximate surface area is 118 Å². The lowest BCUT2D eigenvalue weighted by Crippen LogP contribution is -2.02. The molecule has 0 saturated carbocycles. The van der Waals surface area contributed by atoms with Crippen molar-refractivity contribution in [1.29, 1.82) is 0 Å². The van der Waals surface area contributed by atoms with E-state index in [9.17, 15) is 0 Å². The van der Waals surface area contributed by atoms with Crippen molar-refractivity contribution in [1.82, 2.24) is 14.5 Å². The summed E-state index contributed by atoms with van der Waals surface area (Å²) in [7, 11) is 0. The zero-order valence-electron chi connectivity index (χ0n) is 11.7. The average Bonchev–Trinajstić information content (AvgIpc) is 2.91. The van der Waals surface area contributed by atoms with Gasteiger partial charge in [0, 0.05) is 18.8 Å². The first kappa shape index (κ1) is 12.7. The van der Waals surface area contributed by atoms with E-state index in [1.165, 1.54) is 5.56 Å². The van der Waals surface area contributed by atoms with Crippen molar-refractivity contribution in [3.63, 3.8) is 0 Å². The van der Waals surface area contributed by atoms with Crippen LogP contribution in [-0.2, 0) is 6.54 Å². The Morgan fingerprint density at radius 1 is 1.10 bits per heavy atom. The number of hydrogen-bond donors (Lipinski definition) is 1. The van der Waals surface area contributed by atoms with Crippen molar-refractivity contribution in [2.24, 2.45) is 0 Å². The molecule has 4 nitrogen and oxygen atoms in total. The Morgan fingerprint density at radius 3 is 2.65 bits per heavy atom. The number of imidazole rings is 1. The highest BCUT2D eigenvalue weighted by atomic mass is 15.1. The second-order valence-corrected chi connectivity index (χ2v) is 5.11. The van der Waals surface area contributed by atoms with E-state index in [-0.39, 0.29) is 0 Å². The summed E-state index contributed by atoms with van der Waals surface area (Å²) in [5.41, 5.74) is 3.28. The third-order valence-corrected chi connectivity index (χ3v) is 3.35. The van der Waals surface area contributed by atoms with Gasteiger partial charge in [-0.15, -0.1) is 0 Å². The molecule has 0 unspecified atom stereocenters. The predicted octanol–water partition coefficient (Wildman–Crippen LogP) is 3.62. The van der Waals surface area contributed by atoms with E-state index >= 15 is 0 Å². The average molecular weight is 266 g/mol. The van der Waals surface area contributed by atoms with Crippen LogP contribution < -0.4 is 5.32 Å². The summed E-state index contributed by atoms with van der Waals surface area (Å²) in [6.45, 7) is 5.05. The molecule has 0 bridgehead atoms. The minimum Gasteiger partial charge on any atom is -0.364 e. The minimum atomic E-state index is 0.393. The lowest BCUT2D eigenvalue weighted by atomic mass is 10.2. The van der Waals surface area contributed by atoms with Crippen LogP contribution >= 0.6 is 0 Å². The fourth-order valence-electron chi connectivity index (χ4n) is 2.28. The molecule has 0 fully saturated rings. The van der Waals surface area contributed by atoms with Crippen LogP contribution in [0.3, 0.4) is 0 Å². The molecule has 3 aromatic rings. The molecule has 0 amide bonds. The van der Waals surface area contributed by atoms with Crippen LogP contribution in [-0.4, -0.2) is 14.5 Å². The zero-order valence-corrected chi connectivity index (χ0v) is 11.7. The molecular weight excluding hydrogens is 248 g/mol. The molecule has 102 valence electrons. The van der Waals surface area contributed by atoms with Crippen molar-refractivity contribution in [3.8, 4) is 0 Å². The molecule has 0 aliphatic heterocycles. The van der Waals surface area contributed by atoms with Gasteiger partial charge in [0.05, 0.1) is 11.8 Å². The van der Waals surface area contributed by atoms with E-state index in [0.29, 0.717) is 6.04 Å². The van der Waals surface area contributed by atoms with Crippen LogP contribution in [0, 0.1) is 0 Å². The van der Waals surface area contributed by atoms with Gasteiger partial charge in [0.1, 0.15) is 5.52 Å². The van der Waals surface area contributed by atoms with E-state index in [4.69, 9.17) is 0 Å². The molecule has 0 radical (unpaired) electrons. The molecule has 0 aliphatic rings. The van der Waals surface area contributed by atoms with Gasteiger partial charge in [-0.2, -0.15) is 0 Å². The van der Waals surface area contributed by atoms with Gasteiger partial charge < -0.3 is 9.88 Å². The summed E-state index contributed by atoms with van der Waals surface area (Å²) in [5, 5.41) is 3.37. The SMILES string of the molecule is CC(C)n1cnc2c(NCc3ccccc3)nccc21. The van der Waals surface area contributed by atoms with Crippen LogP contribution in [0.15, 0.2) is 48.9 Å². The molecule has 0 aliphatic carbocycles. The first-order chi connectivity index (χ1) is 9.75. The van der Waals surface area contributed by atoms with Gasteiger partial charge in [-0.05, 0) is 25.5 Å². The van der Waals surface area contributed by atoms with Gasteiger partial charge in [-0.3, -0.25) is 0 Å². The van der Waals surface area contributed by atoms with Crippen LogP contribution in [0.4, 0.5) is 5.82 Å². The van der Waals surface area contributed by atoms with Crippen molar-refractivity contribution < 1.29 is 0 Å². The highest BCUT2D eigenvalue weighted by molar-refractivity contribution is 5.85. The topological polar surface area (TPSA) is 42.7 Å². The highest BCUT2D eigenvalue weighted by Gasteiger charge is 2.09. The van der Waals surface area contributed by atoms with Crippen LogP contribution in [0.5, 0.6) is 0 Å². The zero-order chi connectivity index (χ0) is 13.9. The summed E-state index contributed by atoms with van der Waals surface area (Å²) in [5.74, 6) is 0.839. The van der Waals surface area contributed by atoms with Gasteiger partial charge in [0.2, 0.25) is 0 Å². The largest absolute Gasteiger partial charge is 0.364 e. The van der Waals surface area contributed by atoms with Crippen LogP contribution in [0.1, 0.15) is 25.5 Å². The van der Waals surface area contributed by atoms with Crippen molar-refractivity contribution in [3.05, 3.63) is 54.5 Å². The molecule has 2 heterocycles. The number of rotatable bonds is 4. The summed E-state index contributed by atoms with van der Waals surface area (Å²) >= 11 is 0. The number of hydrogen-bond acceptors (Lipinski definition) is 3. The monoisotopic (exact) mass is 266 g/mol. The maximum atomic E-state index is 4.49. The number of aromatic nitrogens is 3. The second kappa shape index (κ2) is 5.33. The van der Waals surface area contributed by atoms with E-state index < -0.39 is 0 Å². The quantitative estimate of drug-likeness (QED) is 0.784. The molecule has 3 rings (SSSR count). The van der Waals surface area contributed by atoms with Gasteiger partial charge in [0.25, 0.3) is 0 Å². The Kier molecular flexibility index (Phi) is 3.37. The number of anilines is 1. The molecule has 1 N–H and O–H groups in total. The molecular formula is C16H18N4.